The second-order valence-electron chi connectivity index (χ2n) is 5.06. The van der Waals surface area contributed by atoms with Crippen LogP contribution >= 0.6 is 11.8 Å². The van der Waals surface area contributed by atoms with Gasteiger partial charge in [0.1, 0.15) is 6.54 Å². The Hall–Kier alpha value is -1.56. The van der Waals surface area contributed by atoms with E-state index in [1.54, 1.807) is 17.3 Å². The molecule has 0 aromatic carbocycles. The summed E-state index contributed by atoms with van der Waals surface area (Å²) in [6, 6.07) is 4.07. The van der Waals surface area contributed by atoms with Crippen LogP contribution in [0.25, 0.3) is 0 Å². The smallest absolute Gasteiger partial charge is 0.282 e. The Morgan fingerprint density at radius 3 is 2.85 bits per heavy atom. The monoisotopic (exact) mass is 291 g/mol. The standard InChI is InChI=1S/C14H17N3O2S/c18-13(10-16-8-9-20-14(16)19)17-7-1-2-12(17)11-3-5-15-6-4-11/h3-6,12H,1-2,7-10H2. The van der Waals surface area contributed by atoms with Crippen LogP contribution in [0.15, 0.2) is 24.5 Å². The number of pyridine rings is 1. The number of amides is 2. The maximum atomic E-state index is 12.4. The summed E-state index contributed by atoms with van der Waals surface area (Å²) in [4.78, 5) is 31.6. The van der Waals surface area contributed by atoms with Crippen LogP contribution in [0.4, 0.5) is 4.79 Å². The van der Waals surface area contributed by atoms with E-state index in [2.05, 4.69) is 4.98 Å². The second-order valence-corrected chi connectivity index (χ2v) is 6.11. The van der Waals surface area contributed by atoms with Crippen molar-refractivity contribution in [2.24, 2.45) is 0 Å². The topological polar surface area (TPSA) is 53.5 Å². The number of aromatic nitrogens is 1. The number of rotatable bonds is 3. The van der Waals surface area contributed by atoms with E-state index >= 15 is 0 Å². The molecular weight excluding hydrogens is 274 g/mol. The van der Waals surface area contributed by atoms with Crippen molar-refractivity contribution in [1.82, 2.24) is 14.8 Å². The molecule has 5 nitrogen and oxygen atoms in total. The Labute approximate surface area is 122 Å². The number of carbonyl (C=O) groups is 2. The van der Waals surface area contributed by atoms with Gasteiger partial charge in [0.25, 0.3) is 5.24 Å². The van der Waals surface area contributed by atoms with Crippen LogP contribution in [0.1, 0.15) is 24.4 Å². The third kappa shape index (κ3) is 2.65. The SMILES string of the molecule is O=C1SCCN1CC(=O)N1CCCC1c1ccncc1. The van der Waals surface area contributed by atoms with E-state index in [0.717, 1.165) is 30.7 Å². The normalized spacial score (nSPS) is 22.6. The summed E-state index contributed by atoms with van der Waals surface area (Å²) in [5.74, 6) is 0.847. The minimum Gasteiger partial charge on any atom is -0.334 e. The van der Waals surface area contributed by atoms with Crippen molar-refractivity contribution in [3.8, 4) is 0 Å². The van der Waals surface area contributed by atoms with Crippen LogP contribution in [-0.4, -0.2) is 51.3 Å². The number of likely N-dealkylation sites (tertiary alicyclic amines) is 1. The maximum absolute atomic E-state index is 12.4. The highest BCUT2D eigenvalue weighted by Crippen LogP contribution is 2.31. The fraction of sp³-hybridized carbons (Fsp3) is 0.500. The van der Waals surface area contributed by atoms with Gasteiger partial charge in [-0.25, -0.2) is 0 Å². The van der Waals surface area contributed by atoms with Crippen molar-refractivity contribution in [2.75, 3.05) is 25.4 Å². The molecule has 2 saturated heterocycles. The average molecular weight is 291 g/mol. The predicted octanol–water partition coefficient (Wildman–Crippen LogP) is 1.91. The fourth-order valence-electron chi connectivity index (χ4n) is 2.82. The number of thioether (sulfide) groups is 1. The first-order chi connectivity index (χ1) is 9.75. The lowest BCUT2D eigenvalue weighted by Gasteiger charge is -2.27. The van der Waals surface area contributed by atoms with Crippen LogP contribution in [-0.2, 0) is 4.79 Å². The Bertz CT molecular complexity index is 508. The molecule has 0 spiro atoms. The van der Waals surface area contributed by atoms with Gasteiger partial charge in [-0.3, -0.25) is 14.6 Å². The molecule has 0 N–H and O–H groups in total. The highest BCUT2D eigenvalue weighted by atomic mass is 32.2. The van der Waals surface area contributed by atoms with Crippen molar-refractivity contribution < 1.29 is 9.59 Å². The molecule has 0 aliphatic carbocycles. The molecule has 2 aliphatic heterocycles. The molecule has 20 heavy (non-hydrogen) atoms. The molecule has 3 rings (SSSR count). The summed E-state index contributed by atoms with van der Waals surface area (Å²) >= 11 is 1.30. The highest BCUT2D eigenvalue weighted by Gasteiger charge is 2.32. The molecule has 1 aromatic heterocycles. The minimum atomic E-state index is 0.0259. The van der Waals surface area contributed by atoms with Gasteiger partial charge in [-0.15, -0.1) is 0 Å². The van der Waals surface area contributed by atoms with E-state index in [4.69, 9.17) is 0 Å². The predicted molar refractivity (Wildman–Crippen MR) is 77.4 cm³/mol. The summed E-state index contributed by atoms with van der Waals surface area (Å²) in [5.41, 5.74) is 1.13. The van der Waals surface area contributed by atoms with Crippen molar-refractivity contribution in [2.45, 2.75) is 18.9 Å². The van der Waals surface area contributed by atoms with Crippen LogP contribution in [0, 0.1) is 0 Å². The van der Waals surface area contributed by atoms with Gasteiger partial charge in [-0.1, -0.05) is 11.8 Å². The lowest BCUT2D eigenvalue weighted by atomic mass is 10.1. The zero-order chi connectivity index (χ0) is 13.9. The maximum Gasteiger partial charge on any atom is 0.282 e. The Morgan fingerprint density at radius 1 is 1.35 bits per heavy atom. The molecule has 2 aliphatic rings. The number of nitrogens with zero attached hydrogens (tertiary/aromatic N) is 3. The van der Waals surface area contributed by atoms with Crippen LogP contribution < -0.4 is 0 Å². The molecule has 1 unspecified atom stereocenters. The van der Waals surface area contributed by atoms with Crippen LogP contribution in [0.2, 0.25) is 0 Å². The van der Waals surface area contributed by atoms with Gasteiger partial charge in [-0.2, -0.15) is 0 Å². The van der Waals surface area contributed by atoms with Gasteiger partial charge < -0.3 is 9.80 Å². The average Bonchev–Trinajstić information content (AvgIpc) is 3.09. The molecule has 0 radical (unpaired) electrons. The quantitative estimate of drug-likeness (QED) is 0.853. The minimum absolute atomic E-state index is 0.0259. The van der Waals surface area contributed by atoms with Crippen molar-refractivity contribution in [3.05, 3.63) is 30.1 Å². The summed E-state index contributed by atoms with van der Waals surface area (Å²) in [5, 5.41) is 0.0259. The van der Waals surface area contributed by atoms with Gasteiger partial charge >= 0.3 is 0 Å². The van der Waals surface area contributed by atoms with Crippen molar-refractivity contribution in [3.63, 3.8) is 0 Å². The molecule has 2 fully saturated rings. The largest absolute Gasteiger partial charge is 0.334 e. The molecule has 2 amide bonds. The number of hydrogen-bond acceptors (Lipinski definition) is 4. The van der Waals surface area contributed by atoms with Crippen molar-refractivity contribution >= 4 is 22.9 Å². The number of carbonyl (C=O) groups excluding carboxylic acids is 2. The molecule has 106 valence electrons. The molecule has 6 heteroatoms. The first-order valence-corrected chi connectivity index (χ1v) is 7.85. The van der Waals surface area contributed by atoms with E-state index in [1.807, 2.05) is 17.0 Å². The zero-order valence-corrected chi connectivity index (χ0v) is 12.0. The molecular formula is C14H17N3O2S. The summed E-state index contributed by atoms with van der Waals surface area (Å²) in [6.07, 6.45) is 5.52. The Kier molecular flexibility index (Phi) is 3.91. The lowest BCUT2D eigenvalue weighted by molar-refractivity contribution is -0.132. The Balaban J connectivity index is 1.69. The van der Waals surface area contributed by atoms with E-state index in [0.29, 0.717) is 6.54 Å². The van der Waals surface area contributed by atoms with E-state index in [9.17, 15) is 9.59 Å². The summed E-state index contributed by atoms with van der Waals surface area (Å²) in [6.45, 7) is 1.68. The summed E-state index contributed by atoms with van der Waals surface area (Å²) < 4.78 is 0. The molecule has 0 saturated carbocycles. The van der Waals surface area contributed by atoms with Crippen LogP contribution in [0.5, 0.6) is 0 Å². The van der Waals surface area contributed by atoms with E-state index < -0.39 is 0 Å². The molecule has 3 heterocycles. The molecule has 1 aromatic rings. The van der Waals surface area contributed by atoms with Gasteiger partial charge in [0, 0.05) is 31.2 Å². The summed E-state index contributed by atoms with van der Waals surface area (Å²) in [7, 11) is 0. The van der Waals surface area contributed by atoms with Gasteiger partial charge in [0.2, 0.25) is 5.91 Å². The van der Waals surface area contributed by atoms with Gasteiger partial charge in [-0.05, 0) is 30.5 Å². The van der Waals surface area contributed by atoms with E-state index in [-0.39, 0.29) is 23.7 Å². The molecule has 1 atom stereocenters. The van der Waals surface area contributed by atoms with Gasteiger partial charge in [0.05, 0.1) is 6.04 Å². The second kappa shape index (κ2) is 5.83. The Morgan fingerprint density at radius 2 is 2.15 bits per heavy atom. The fourth-order valence-corrected chi connectivity index (χ4v) is 3.65. The third-order valence-corrected chi connectivity index (χ3v) is 4.73. The van der Waals surface area contributed by atoms with Crippen molar-refractivity contribution in [1.29, 1.82) is 0 Å². The third-order valence-electron chi connectivity index (χ3n) is 3.84. The zero-order valence-electron chi connectivity index (χ0n) is 11.2. The first kappa shape index (κ1) is 13.4. The highest BCUT2D eigenvalue weighted by molar-refractivity contribution is 8.13. The van der Waals surface area contributed by atoms with E-state index in [1.165, 1.54) is 11.8 Å². The first-order valence-electron chi connectivity index (χ1n) is 6.87. The number of hydrogen-bond donors (Lipinski definition) is 0. The lowest BCUT2D eigenvalue weighted by Crippen LogP contribution is -2.40. The van der Waals surface area contributed by atoms with Gasteiger partial charge in [0.15, 0.2) is 0 Å². The van der Waals surface area contributed by atoms with Crippen LogP contribution in [0.3, 0.4) is 0 Å². The molecule has 0 bridgehead atoms.